The van der Waals surface area contributed by atoms with Crippen LogP contribution in [-0.2, 0) is 0 Å². The van der Waals surface area contributed by atoms with E-state index in [9.17, 15) is 0 Å². The van der Waals surface area contributed by atoms with E-state index in [1.165, 1.54) is 51.9 Å². The Morgan fingerprint density at radius 3 is 3.00 bits per heavy atom. The highest BCUT2D eigenvalue weighted by Crippen LogP contribution is 2.17. The summed E-state index contributed by atoms with van der Waals surface area (Å²) in [4.78, 5) is 2.67. The van der Waals surface area contributed by atoms with E-state index in [1.807, 2.05) is 0 Å². The monoisotopic (exact) mass is 154 g/mol. The Bertz CT molecular complexity index is 111. The fraction of sp³-hybridized carbons (Fsp3) is 1.00. The van der Waals surface area contributed by atoms with Crippen molar-refractivity contribution in [1.82, 2.24) is 10.2 Å². The highest BCUT2D eigenvalue weighted by Gasteiger charge is 2.22. The fourth-order valence-corrected chi connectivity index (χ4v) is 2.26. The summed E-state index contributed by atoms with van der Waals surface area (Å²) in [6.45, 7) is 5.15. The van der Waals surface area contributed by atoms with Crippen LogP contribution < -0.4 is 5.32 Å². The Labute approximate surface area is 69.0 Å². The number of rotatable bonds is 0. The van der Waals surface area contributed by atoms with Crippen LogP contribution in [-0.4, -0.2) is 37.1 Å². The first-order chi connectivity index (χ1) is 5.47. The molecule has 1 atom stereocenters. The lowest BCUT2D eigenvalue weighted by atomic mass is 10.0. The highest BCUT2D eigenvalue weighted by molar-refractivity contribution is 4.80. The van der Waals surface area contributed by atoms with Gasteiger partial charge in [0.05, 0.1) is 0 Å². The lowest BCUT2D eigenvalue weighted by Crippen LogP contribution is -2.42. The average molecular weight is 154 g/mol. The zero-order chi connectivity index (χ0) is 7.52. The molecule has 0 aliphatic carbocycles. The van der Waals surface area contributed by atoms with Crippen molar-refractivity contribution in [2.75, 3.05) is 26.2 Å². The van der Waals surface area contributed by atoms with Crippen molar-refractivity contribution in [3.05, 3.63) is 0 Å². The smallest absolute Gasteiger partial charge is 0.0220 e. The molecule has 2 rings (SSSR count). The summed E-state index contributed by atoms with van der Waals surface area (Å²) < 4.78 is 0. The molecule has 11 heavy (non-hydrogen) atoms. The Morgan fingerprint density at radius 1 is 1.09 bits per heavy atom. The van der Waals surface area contributed by atoms with Gasteiger partial charge in [-0.2, -0.15) is 0 Å². The van der Waals surface area contributed by atoms with E-state index >= 15 is 0 Å². The summed E-state index contributed by atoms with van der Waals surface area (Å²) in [5.74, 6) is 0. The first-order valence-electron chi connectivity index (χ1n) is 4.91. The molecule has 2 aliphatic heterocycles. The van der Waals surface area contributed by atoms with Crippen LogP contribution in [0.15, 0.2) is 0 Å². The topological polar surface area (TPSA) is 15.3 Å². The van der Waals surface area contributed by atoms with Crippen LogP contribution in [0.2, 0.25) is 0 Å². The van der Waals surface area contributed by atoms with Crippen molar-refractivity contribution >= 4 is 0 Å². The molecule has 1 N–H and O–H groups in total. The van der Waals surface area contributed by atoms with Gasteiger partial charge in [0.15, 0.2) is 0 Å². The number of hydrogen-bond acceptors (Lipinski definition) is 2. The zero-order valence-electron chi connectivity index (χ0n) is 7.18. The van der Waals surface area contributed by atoms with Crippen LogP contribution >= 0.6 is 0 Å². The van der Waals surface area contributed by atoms with Gasteiger partial charge in [0, 0.05) is 12.6 Å². The Kier molecular flexibility index (Phi) is 2.44. The second-order valence-corrected chi connectivity index (χ2v) is 3.74. The second-order valence-electron chi connectivity index (χ2n) is 3.74. The highest BCUT2D eigenvalue weighted by atomic mass is 15.2. The normalized spacial score (nSPS) is 34.4. The quantitative estimate of drug-likeness (QED) is 0.556. The lowest BCUT2D eigenvalue weighted by Gasteiger charge is -2.33. The van der Waals surface area contributed by atoms with E-state index in [0.717, 1.165) is 6.04 Å². The van der Waals surface area contributed by atoms with E-state index in [0.29, 0.717) is 0 Å². The predicted octanol–water partition coefficient (Wildman–Crippen LogP) is 0.834. The Balaban J connectivity index is 1.93. The molecule has 0 saturated carbocycles. The average Bonchev–Trinajstić information content (AvgIpc) is 2.28. The molecule has 0 spiro atoms. The molecule has 1 unspecified atom stereocenters. The third-order valence-corrected chi connectivity index (χ3v) is 2.93. The third-order valence-electron chi connectivity index (χ3n) is 2.93. The molecule has 0 aromatic rings. The minimum absolute atomic E-state index is 0.867. The minimum Gasteiger partial charge on any atom is -0.315 e. The maximum atomic E-state index is 3.50. The SMILES string of the molecule is C1CCN2CCCNCC2C1. The number of nitrogens with zero attached hydrogens (tertiary/aromatic N) is 1. The fourth-order valence-electron chi connectivity index (χ4n) is 2.26. The van der Waals surface area contributed by atoms with Gasteiger partial charge in [0.25, 0.3) is 0 Å². The maximum Gasteiger partial charge on any atom is 0.0220 e. The summed E-state index contributed by atoms with van der Waals surface area (Å²) in [6.07, 6.45) is 5.64. The number of fused-ring (bicyclic) bond motifs is 1. The van der Waals surface area contributed by atoms with Crippen molar-refractivity contribution in [2.45, 2.75) is 31.7 Å². The molecule has 2 heteroatoms. The summed E-state index contributed by atoms with van der Waals surface area (Å²) in [5.41, 5.74) is 0. The van der Waals surface area contributed by atoms with Crippen LogP contribution in [0.25, 0.3) is 0 Å². The Morgan fingerprint density at radius 2 is 2.00 bits per heavy atom. The first-order valence-corrected chi connectivity index (χ1v) is 4.91. The number of nitrogens with one attached hydrogen (secondary N) is 1. The van der Waals surface area contributed by atoms with E-state index in [-0.39, 0.29) is 0 Å². The molecular weight excluding hydrogens is 136 g/mol. The largest absolute Gasteiger partial charge is 0.315 e. The second kappa shape index (κ2) is 3.55. The summed E-state index contributed by atoms with van der Waals surface area (Å²) in [6, 6.07) is 0.867. The number of piperidine rings is 1. The molecule has 0 amide bonds. The van der Waals surface area contributed by atoms with E-state index < -0.39 is 0 Å². The third kappa shape index (κ3) is 1.74. The van der Waals surface area contributed by atoms with Gasteiger partial charge in [-0.15, -0.1) is 0 Å². The van der Waals surface area contributed by atoms with E-state index in [1.54, 1.807) is 0 Å². The van der Waals surface area contributed by atoms with Crippen molar-refractivity contribution < 1.29 is 0 Å². The van der Waals surface area contributed by atoms with Gasteiger partial charge in [-0.1, -0.05) is 6.42 Å². The predicted molar refractivity (Wildman–Crippen MR) is 46.7 cm³/mol. The Hall–Kier alpha value is -0.0800. The van der Waals surface area contributed by atoms with Crippen molar-refractivity contribution in [2.24, 2.45) is 0 Å². The molecule has 2 heterocycles. The van der Waals surface area contributed by atoms with Crippen LogP contribution in [0.4, 0.5) is 0 Å². The molecule has 2 aliphatic rings. The van der Waals surface area contributed by atoms with E-state index in [2.05, 4.69) is 10.2 Å². The van der Waals surface area contributed by atoms with Gasteiger partial charge in [0.2, 0.25) is 0 Å². The van der Waals surface area contributed by atoms with Crippen LogP contribution in [0.5, 0.6) is 0 Å². The molecule has 2 fully saturated rings. The summed E-state index contributed by atoms with van der Waals surface area (Å²) in [7, 11) is 0. The summed E-state index contributed by atoms with van der Waals surface area (Å²) >= 11 is 0. The molecule has 0 bridgehead atoms. The van der Waals surface area contributed by atoms with Gasteiger partial charge in [-0.05, 0) is 38.9 Å². The van der Waals surface area contributed by atoms with Gasteiger partial charge in [0.1, 0.15) is 0 Å². The van der Waals surface area contributed by atoms with Crippen LogP contribution in [0, 0.1) is 0 Å². The molecule has 0 aromatic carbocycles. The van der Waals surface area contributed by atoms with Crippen LogP contribution in [0.3, 0.4) is 0 Å². The van der Waals surface area contributed by atoms with Gasteiger partial charge in [-0.25, -0.2) is 0 Å². The molecule has 0 aromatic heterocycles. The number of hydrogen-bond donors (Lipinski definition) is 1. The van der Waals surface area contributed by atoms with Crippen LogP contribution in [0.1, 0.15) is 25.7 Å². The van der Waals surface area contributed by atoms with Crippen molar-refractivity contribution in [3.8, 4) is 0 Å². The van der Waals surface area contributed by atoms with Gasteiger partial charge in [-0.3, -0.25) is 4.90 Å². The lowest BCUT2D eigenvalue weighted by molar-refractivity contribution is 0.160. The molecule has 2 nitrogen and oxygen atoms in total. The zero-order valence-corrected chi connectivity index (χ0v) is 7.18. The molecular formula is C9H18N2. The first kappa shape index (κ1) is 7.56. The standard InChI is InChI=1S/C9H18N2/c1-2-6-11-7-3-5-10-8-9(11)4-1/h9-10H,1-8H2. The van der Waals surface area contributed by atoms with Crippen molar-refractivity contribution in [1.29, 1.82) is 0 Å². The maximum absolute atomic E-state index is 3.50. The molecule has 0 radical (unpaired) electrons. The molecule has 2 saturated heterocycles. The van der Waals surface area contributed by atoms with Gasteiger partial charge < -0.3 is 5.32 Å². The van der Waals surface area contributed by atoms with Crippen molar-refractivity contribution in [3.63, 3.8) is 0 Å². The van der Waals surface area contributed by atoms with E-state index in [4.69, 9.17) is 0 Å². The minimum atomic E-state index is 0.867. The van der Waals surface area contributed by atoms with Gasteiger partial charge >= 0.3 is 0 Å². The molecule has 64 valence electrons. The summed E-state index contributed by atoms with van der Waals surface area (Å²) in [5, 5.41) is 3.50.